The van der Waals surface area contributed by atoms with E-state index in [0.717, 1.165) is 6.26 Å². The molecule has 0 radical (unpaired) electrons. The number of fused-ring (bicyclic) bond motifs is 1. The number of ether oxygens (including phenoxy) is 1. The molecule has 0 spiro atoms. The van der Waals surface area contributed by atoms with Crippen LogP contribution in [0.25, 0.3) is 22.3 Å². The normalized spacial score (nSPS) is 11.8. The number of hydrogen-bond donors (Lipinski definition) is 1. The molecule has 0 unspecified atom stereocenters. The molecule has 0 saturated carbocycles. The number of rotatable bonds is 3. The Morgan fingerprint density at radius 1 is 1.17 bits per heavy atom. The second-order valence-corrected chi connectivity index (χ2v) is 6.97. The maximum atomic E-state index is 11.8. The number of aryl methyl sites for hydroxylation is 1. The minimum atomic E-state index is -3.58. The number of nitrogen functional groups attached to an aromatic ring is 1. The predicted molar refractivity (Wildman–Crippen MR) is 85.8 cm³/mol. The van der Waals surface area contributed by atoms with Gasteiger partial charge in [-0.1, -0.05) is 0 Å². The molecule has 3 rings (SSSR count). The summed E-state index contributed by atoms with van der Waals surface area (Å²) in [6.45, 7) is 0. The van der Waals surface area contributed by atoms with Gasteiger partial charge in [0.1, 0.15) is 11.6 Å². The summed E-state index contributed by atoms with van der Waals surface area (Å²) in [6.07, 6.45) is 1.05. The highest BCUT2D eigenvalue weighted by atomic mass is 32.2. The van der Waals surface area contributed by atoms with Crippen LogP contribution in [0.4, 0.5) is 5.82 Å². The van der Waals surface area contributed by atoms with E-state index in [0.29, 0.717) is 28.2 Å². The molecular formula is C14H15N5O3S. The zero-order valence-electron chi connectivity index (χ0n) is 12.8. The van der Waals surface area contributed by atoms with Crippen molar-refractivity contribution in [2.45, 2.75) is 5.16 Å². The van der Waals surface area contributed by atoms with Gasteiger partial charge in [-0.25, -0.2) is 13.4 Å². The van der Waals surface area contributed by atoms with E-state index in [-0.39, 0.29) is 10.8 Å². The Hall–Kier alpha value is -2.68. The molecule has 0 fully saturated rings. The van der Waals surface area contributed by atoms with Gasteiger partial charge in [0.25, 0.3) is 0 Å². The molecule has 23 heavy (non-hydrogen) atoms. The maximum Gasteiger partial charge on any atom is 0.249 e. The van der Waals surface area contributed by atoms with Gasteiger partial charge in [0, 0.05) is 18.9 Å². The number of nitrogens with zero attached hydrogens (tertiary/aromatic N) is 4. The van der Waals surface area contributed by atoms with E-state index in [2.05, 4.69) is 15.1 Å². The van der Waals surface area contributed by atoms with Gasteiger partial charge < -0.3 is 10.5 Å². The Balaban J connectivity index is 2.36. The second kappa shape index (κ2) is 5.20. The first-order valence-electron chi connectivity index (χ1n) is 6.66. The molecule has 0 atom stereocenters. The van der Waals surface area contributed by atoms with Gasteiger partial charge in [-0.05, 0) is 24.3 Å². The van der Waals surface area contributed by atoms with Crippen LogP contribution < -0.4 is 10.5 Å². The van der Waals surface area contributed by atoms with E-state index in [1.165, 1.54) is 4.68 Å². The van der Waals surface area contributed by atoms with Gasteiger partial charge in [-0.2, -0.15) is 10.1 Å². The molecule has 120 valence electrons. The number of anilines is 1. The summed E-state index contributed by atoms with van der Waals surface area (Å²) in [5.41, 5.74) is 7.40. The highest BCUT2D eigenvalue weighted by Gasteiger charge is 2.21. The molecule has 2 N–H and O–H groups in total. The topological polar surface area (TPSA) is 113 Å². The molecule has 0 aliphatic carbocycles. The third kappa shape index (κ3) is 2.59. The standard InChI is InChI=1S/C14H15N5O3S/c1-19-12(15)10-11(8-4-6-9(22-2)7-5-8)16-14(23(3,20)21)17-13(10)18-19/h4-7H,15H2,1-3H3. The van der Waals surface area contributed by atoms with Gasteiger partial charge in [-0.15, -0.1) is 0 Å². The summed E-state index contributed by atoms with van der Waals surface area (Å²) in [7, 11) is -0.348. The predicted octanol–water partition coefficient (Wildman–Crippen LogP) is 1.02. The van der Waals surface area contributed by atoms with Crippen LogP contribution >= 0.6 is 0 Å². The van der Waals surface area contributed by atoms with Gasteiger partial charge in [0.15, 0.2) is 5.65 Å². The summed E-state index contributed by atoms with van der Waals surface area (Å²) >= 11 is 0. The minimum absolute atomic E-state index is 0.242. The van der Waals surface area contributed by atoms with Gasteiger partial charge in [0.2, 0.25) is 15.0 Å². The zero-order valence-corrected chi connectivity index (χ0v) is 13.6. The van der Waals surface area contributed by atoms with Crippen LogP contribution in [0.15, 0.2) is 29.4 Å². The van der Waals surface area contributed by atoms with Crippen LogP contribution in [-0.4, -0.2) is 41.5 Å². The minimum Gasteiger partial charge on any atom is -0.497 e. The average molecular weight is 333 g/mol. The quantitative estimate of drug-likeness (QED) is 0.712. The number of hydrogen-bond acceptors (Lipinski definition) is 7. The van der Waals surface area contributed by atoms with Crippen molar-refractivity contribution in [2.75, 3.05) is 19.1 Å². The number of benzene rings is 1. The third-order valence-corrected chi connectivity index (χ3v) is 4.26. The first kappa shape index (κ1) is 15.2. The SMILES string of the molecule is COc1ccc(-c2nc(S(C)(=O)=O)nc3nn(C)c(N)c23)cc1. The summed E-state index contributed by atoms with van der Waals surface area (Å²) in [4.78, 5) is 8.21. The van der Waals surface area contributed by atoms with E-state index in [9.17, 15) is 8.42 Å². The highest BCUT2D eigenvalue weighted by molar-refractivity contribution is 7.90. The fraction of sp³-hybridized carbons (Fsp3) is 0.214. The van der Waals surface area contributed by atoms with E-state index >= 15 is 0 Å². The van der Waals surface area contributed by atoms with Crippen molar-refractivity contribution in [2.24, 2.45) is 7.05 Å². The van der Waals surface area contributed by atoms with Crippen LogP contribution in [0.2, 0.25) is 0 Å². The van der Waals surface area contributed by atoms with Crippen molar-refractivity contribution in [1.29, 1.82) is 0 Å². The summed E-state index contributed by atoms with van der Waals surface area (Å²) in [5.74, 6) is 1.05. The van der Waals surface area contributed by atoms with Gasteiger partial charge >= 0.3 is 0 Å². The lowest BCUT2D eigenvalue weighted by Gasteiger charge is -2.06. The monoisotopic (exact) mass is 333 g/mol. The molecule has 1 aromatic carbocycles. The fourth-order valence-electron chi connectivity index (χ4n) is 2.22. The van der Waals surface area contributed by atoms with Gasteiger partial charge in [0.05, 0.1) is 18.2 Å². The molecular weight excluding hydrogens is 318 g/mol. The fourth-order valence-corrected chi connectivity index (χ4v) is 2.73. The van der Waals surface area contributed by atoms with Crippen molar-refractivity contribution >= 4 is 26.7 Å². The number of sulfone groups is 1. The highest BCUT2D eigenvalue weighted by Crippen LogP contribution is 2.31. The molecule has 0 bridgehead atoms. The number of nitrogens with two attached hydrogens (primary N) is 1. The molecule has 0 aliphatic heterocycles. The molecule has 0 aliphatic rings. The summed E-state index contributed by atoms with van der Waals surface area (Å²) < 4.78 is 30.3. The Morgan fingerprint density at radius 2 is 1.83 bits per heavy atom. The molecule has 2 aromatic heterocycles. The van der Waals surface area contributed by atoms with E-state index in [1.807, 2.05) is 0 Å². The number of methoxy groups -OCH3 is 1. The Kier molecular flexibility index (Phi) is 3.44. The molecule has 3 aromatic rings. The van der Waals surface area contributed by atoms with Crippen molar-refractivity contribution in [3.63, 3.8) is 0 Å². The Bertz CT molecular complexity index is 993. The lowest BCUT2D eigenvalue weighted by atomic mass is 10.1. The lowest BCUT2D eigenvalue weighted by molar-refractivity contribution is 0.415. The molecule has 0 saturated heterocycles. The summed E-state index contributed by atoms with van der Waals surface area (Å²) in [6, 6.07) is 7.07. The number of aromatic nitrogens is 4. The third-order valence-electron chi connectivity index (χ3n) is 3.41. The van der Waals surface area contributed by atoms with Crippen molar-refractivity contribution in [1.82, 2.24) is 19.7 Å². The van der Waals surface area contributed by atoms with Crippen molar-refractivity contribution in [3.8, 4) is 17.0 Å². The van der Waals surface area contributed by atoms with Crippen molar-refractivity contribution < 1.29 is 13.2 Å². The lowest BCUT2D eigenvalue weighted by Crippen LogP contribution is -2.05. The van der Waals surface area contributed by atoms with E-state index in [1.54, 1.807) is 38.4 Å². The Labute approximate surface area is 132 Å². The largest absolute Gasteiger partial charge is 0.497 e. The van der Waals surface area contributed by atoms with E-state index < -0.39 is 9.84 Å². The summed E-state index contributed by atoms with van der Waals surface area (Å²) in [5, 5.41) is 4.39. The van der Waals surface area contributed by atoms with Crippen LogP contribution in [0.1, 0.15) is 0 Å². The first-order valence-corrected chi connectivity index (χ1v) is 8.55. The second-order valence-electron chi connectivity index (χ2n) is 5.06. The van der Waals surface area contributed by atoms with Crippen LogP contribution in [-0.2, 0) is 16.9 Å². The van der Waals surface area contributed by atoms with Crippen LogP contribution in [0, 0.1) is 0 Å². The smallest absolute Gasteiger partial charge is 0.249 e. The molecule has 0 amide bonds. The van der Waals surface area contributed by atoms with Crippen LogP contribution in [0.5, 0.6) is 5.75 Å². The molecule has 8 nitrogen and oxygen atoms in total. The maximum absolute atomic E-state index is 11.8. The van der Waals surface area contributed by atoms with Gasteiger partial charge in [-0.3, -0.25) is 4.68 Å². The first-order chi connectivity index (χ1) is 10.8. The van der Waals surface area contributed by atoms with Crippen LogP contribution in [0.3, 0.4) is 0 Å². The molecule has 9 heteroatoms. The van der Waals surface area contributed by atoms with E-state index in [4.69, 9.17) is 10.5 Å². The Morgan fingerprint density at radius 3 is 2.39 bits per heavy atom. The van der Waals surface area contributed by atoms with Crippen molar-refractivity contribution in [3.05, 3.63) is 24.3 Å². The zero-order chi connectivity index (χ0) is 16.8. The molecule has 2 heterocycles. The average Bonchev–Trinajstić information content (AvgIpc) is 2.80.